The van der Waals surface area contributed by atoms with E-state index in [9.17, 15) is 0 Å². The van der Waals surface area contributed by atoms with E-state index >= 15 is 0 Å². The number of nitrogens with zero attached hydrogens (tertiary/aromatic N) is 1. The lowest BCUT2D eigenvalue weighted by atomic mass is 10.3. The summed E-state index contributed by atoms with van der Waals surface area (Å²) in [6.07, 6.45) is 2.56. The molecule has 2 N–H and O–H groups in total. The van der Waals surface area contributed by atoms with Gasteiger partial charge in [-0.3, -0.25) is 0 Å². The number of hydrogen-bond acceptors (Lipinski definition) is 3. The predicted octanol–water partition coefficient (Wildman–Crippen LogP) is 2.95. The summed E-state index contributed by atoms with van der Waals surface area (Å²) in [5, 5.41) is 8.69. The third-order valence-electron chi connectivity index (χ3n) is 2.94. The van der Waals surface area contributed by atoms with Crippen molar-refractivity contribution >= 4 is 17.3 Å². The predicted molar refractivity (Wildman–Crippen MR) is 84.3 cm³/mol. The SMILES string of the molecule is CCNC(=NCc1sccc1C)NCCc1ccco1. The molecular formula is C15H21N3OS. The molecule has 0 saturated carbocycles. The summed E-state index contributed by atoms with van der Waals surface area (Å²) in [4.78, 5) is 5.92. The fourth-order valence-corrected chi connectivity index (χ4v) is 2.65. The molecule has 2 aromatic heterocycles. The van der Waals surface area contributed by atoms with Gasteiger partial charge < -0.3 is 15.1 Å². The Hall–Kier alpha value is -1.75. The van der Waals surface area contributed by atoms with Crippen LogP contribution in [0.5, 0.6) is 0 Å². The lowest BCUT2D eigenvalue weighted by Crippen LogP contribution is -2.38. The van der Waals surface area contributed by atoms with Crippen LogP contribution in [-0.4, -0.2) is 19.0 Å². The minimum atomic E-state index is 0.722. The minimum Gasteiger partial charge on any atom is -0.469 e. The normalized spacial score (nSPS) is 11.6. The van der Waals surface area contributed by atoms with Crippen LogP contribution in [0, 0.1) is 6.92 Å². The molecule has 0 aliphatic carbocycles. The average Bonchev–Trinajstić information content (AvgIpc) is 3.08. The Labute approximate surface area is 123 Å². The van der Waals surface area contributed by atoms with E-state index < -0.39 is 0 Å². The van der Waals surface area contributed by atoms with Crippen LogP contribution in [0.15, 0.2) is 39.3 Å². The first-order valence-corrected chi connectivity index (χ1v) is 7.75. The number of thiophene rings is 1. The second-order valence-electron chi connectivity index (χ2n) is 4.48. The molecule has 0 saturated heterocycles. The van der Waals surface area contributed by atoms with Gasteiger partial charge >= 0.3 is 0 Å². The Morgan fingerprint density at radius 2 is 2.25 bits per heavy atom. The maximum atomic E-state index is 5.31. The van der Waals surface area contributed by atoms with Gasteiger partial charge in [0.05, 0.1) is 12.8 Å². The van der Waals surface area contributed by atoms with E-state index in [0.717, 1.165) is 37.8 Å². The second kappa shape index (κ2) is 7.75. The largest absolute Gasteiger partial charge is 0.469 e. The van der Waals surface area contributed by atoms with Crippen molar-refractivity contribution in [1.29, 1.82) is 0 Å². The number of guanidine groups is 1. The Kier molecular flexibility index (Phi) is 5.68. The molecule has 0 unspecified atom stereocenters. The second-order valence-corrected chi connectivity index (χ2v) is 5.48. The smallest absolute Gasteiger partial charge is 0.191 e. The van der Waals surface area contributed by atoms with Crippen LogP contribution >= 0.6 is 11.3 Å². The van der Waals surface area contributed by atoms with Crippen LogP contribution in [0.3, 0.4) is 0 Å². The van der Waals surface area contributed by atoms with Gasteiger partial charge in [-0.2, -0.15) is 0 Å². The van der Waals surface area contributed by atoms with Gasteiger partial charge in [0, 0.05) is 24.4 Å². The number of furan rings is 1. The maximum Gasteiger partial charge on any atom is 0.191 e. The standard InChI is InChI=1S/C15H21N3OS/c1-3-16-15(17-8-6-13-5-4-9-19-13)18-11-14-12(2)7-10-20-14/h4-5,7,9-10H,3,6,8,11H2,1-2H3,(H2,16,17,18). The minimum absolute atomic E-state index is 0.722. The summed E-state index contributed by atoms with van der Waals surface area (Å²) in [6, 6.07) is 6.03. The van der Waals surface area contributed by atoms with Gasteiger partial charge in [0.15, 0.2) is 5.96 Å². The highest BCUT2D eigenvalue weighted by Crippen LogP contribution is 2.16. The lowest BCUT2D eigenvalue weighted by molar-refractivity contribution is 0.507. The quantitative estimate of drug-likeness (QED) is 0.635. The molecule has 4 nitrogen and oxygen atoms in total. The number of nitrogens with one attached hydrogen (secondary N) is 2. The molecule has 2 rings (SSSR count). The van der Waals surface area contributed by atoms with Crippen molar-refractivity contribution in [3.05, 3.63) is 46.0 Å². The van der Waals surface area contributed by atoms with Gasteiger partial charge in [0.2, 0.25) is 0 Å². The molecule has 0 amide bonds. The Bertz CT molecular complexity index is 531. The van der Waals surface area contributed by atoms with E-state index in [-0.39, 0.29) is 0 Å². The highest BCUT2D eigenvalue weighted by molar-refractivity contribution is 7.10. The Balaban J connectivity index is 1.84. The van der Waals surface area contributed by atoms with Gasteiger partial charge in [-0.05, 0) is 43.0 Å². The molecule has 0 radical (unpaired) electrons. The number of hydrogen-bond donors (Lipinski definition) is 2. The Morgan fingerprint density at radius 1 is 1.35 bits per heavy atom. The summed E-state index contributed by atoms with van der Waals surface area (Å²) in [7, 11) is 0. The van der Waals surface area contributed by atoms with Gasteiger partial charge in [0.1, 0.15) is 5.76 Å². The van der Waals surface area contributed by atoms with E-state index in [1.54, 1.807) is 17.6 Å². The zero-order valence-electron chi connectivity index (χ0n) is 12.0. The fourth-order valence-electron chi connectivity index (χ4n) is 1.82. The summed E-state index contributed by atoms with van der Waals surface area (Å²) in [5.74, 6) is 1.84. The zero-order chi connectivity index (χ0) is 14.2. The van der Waals surface area contributed by atoms with Gasteiger partial charge in [-0.1, -0.05) is 0 Å². The van der Waals surface area contributed by atoms with Crippen molar-refractivity contribution in [2.24, 2.45) is 4.99 Å². The van der Waals surface area contributed by atoms with Crippen LogP contribution < -0.4 is 10.6 Å². The average molecular weight is 291 g/mol. The first kappa shape index (κ1) is 14.7. The molecule has 0 aromatic carbocycles. The van der Waals surface area contributed by atoms with Crippen LogP contribution in [0.4, 0.5) is 0 Å². The molecule has 2 aromatic rings. The lowest BCUT2D eigenvalue weighted by Gasteiger charge is -2.10. The molecule has 0 fully saturated rings. The van der Waals surface area contributed by atoms with Crippen LogP contribution in [-0.2, 0) is 13.0 Å². The first-order valence-electron chi connectivity index (χ1n) is 6.87. The van der Waals surface area contributed by atoms with Gasteiger partial charge in [0.25, 0.3) is 0 Å². The third kappa shape index (κ3) is 4.42. The van der Waals surface area contributed by atoms with E-state index in [0.29, 0.717) is 0 Å². The molecule has 0 aliphatic rings. The highest BCUT2D eigenvalue weighted by Gasteiger charge is 2.01. The Morgan fingerprint density at radius 3 is 2.90 bits per heavy atom. The number of aliphatic imine (C=N–C) groups is 1. The van der Waals surface area contributed by atoms with Crippen molar-refractivity contribution in [3.8, 4) is 0 Å². The van der Waals surface area contributed by atoms with Gasteiger partial charge in [-0.25, -0.2) is 4.99 Å². The molecule has 0 atom stereocenters. The van der Waals surface area contributed by atoms with E-state index in [2.05, 4.69) is 40.9 Å². The van der Waals surface area contributed by atoms with E-state index in [1.807, 2.05) is 12.1 Å². The molecule has 108 valence electrons. The first-order chi connectivity index (χ1) is 9.79. The highest BCUT2D eigenvalue weighted by atomic mass is 32.1. The molecular weight excluding hydrogens is 270 g/mol. The van der Waals surface area contributed by atoms with Crippen molar-refractivity contribution in [2.45, 2.75) is 26.8 Å². The molecule has 0 spiro atoms. The number of aryl methyl sites for hydroxylation is 1. The number of rotatable bonds is 6. The van der Waals surface area contributed by atoms with Crippen LogP contribution in [0.1, 0.15) is 23.1 Å². The maximum absolute atomic E-state index is 5.31. The topological polar surface area (TPSA) is 49.6 Å². The van der Waals surface area contributed by atoms with Crippen molar-refractivity contribution in [3.63, 3.8) is 0 Å². The van der Waals surface area contributed by atoms with E-state index in [1.165, 1.54) is 10.4 Å². The summed E-state index contributed by atoms with van der Waals surface area (Å²) >= 11 is 1.75. The molecule has 20 heavy (non-hydrogen) atoms. The summed E-state index contributed by atoms with van der Waals surface area (Å²) in [5.41, 5.74) is 1.31. The molecule has 5 heteroatoms. The van der Waals surface area contributed by atoms with E-state index in [4.69, 9.17) is 4.42 Å². The third-order valence-corrected chi connectivity index (χ3v) is 3.94. The zero-order valence-corrected chi connectivity index (χ0v) is 12.8. The summed E-state index contributed by atoms with van der Waals surface area (Å²) < 4.78 is 5.31. The molecule has 0 aliphatic heterocycles. The monoisotopic (exact) mass is 291 g/mol. The van der Waals surface area contributed by atoms with Crippen molar-refractivity contribution in [2.75, 3.05) is 13.1 Å². The molecule has 0 bridgehead atoms. The molecule has 2 heterocycles. The summed E-state index contributed by atoms with van der Waals surface area (Å²) in [6.45, 7) is 6.58. The fraction of sp³-hybridized carbons (Fsp3) is 0.400. The van der Waals surface area contributed by atoms with Crippen LogP contribution in [0.25, 0.3) is 0 Å². The van der Waals surface area contributed by atoms with Crippen LogP contribution in [0.2, 0.25) is 0 Å². The van der Waals surface area contributed by atoms with Gasteiger partial charge in [-0.15, -0.1) is 11.3 Å². The van der Waals surface area contributed by atoms with Crippen molar-refractivity contribution in [1.82, 2.24) is 10.6 Å². The van der Waals surface area contributed by atoms with Crippen molar-refractivity contribution < 1.29 is 4.42 Å².